The highest BCUT2D eigenvalue weighted by molar-refractivity contribution is 7.12. The van der Waals surface area contributed by atoms with Gasteiger partial charge in [-0.1, -0.05) is 6.07 Å². The molecule has 156 valence electrons. The Bertz CT molecular complexity index is 1010. The van der Waals surface area contributed by atoms with Gasteiger partial charge in [0, 0.05) is 43.0 Å². The maximum Gasteiger partial charge on any atom is 0.264 e. The summed E-state index contributed by atoms with van der Waals surface area (Å²) in [5, 5.41) is 5.29. The zero-order valence-corrected chi connectivity index (χ0v) is 18.4. The quantitative estimate of drug-likeness (QED) is 0.644. The Balaban J connectivity index is 1.57. The summed E-state index contributed by atoms with van der Waals surface area (Å²) in [5.74, 6) is 1.06. The summed E-state index contributed by atoms with van der Waals surface area (Å²) in [5.41, 5.74) is 3.94. The molecule has 1 saturated heterocycles. The Morgan fingerprint density at radius 3 is 2.63 bits per heavy atom. The molecule has 0 bridgehead atoms. The van der Waals surface area contributed by atoms with Crippen LogP contribution < -0.4 is 5.32 Å². The number of carbonyl (C=O) groups is 1. The van der Waals surface area contributed by atoms with E-state index in [2.05, 4.69) is 29.1 Å². The number of carbonyl (C=O) groups excluding carboxylic acids is 1. The Morgan fingerprint density at radius 2 is 2.00 bits per heavy atom. The van der Waals surface area contributed by atoms with Gasteiger partial charge in [-0.05, 0) is 62.8 Å². The van der Waals surface area contributed by atoms with Crippen LogP contribution in [0.4, 0.5) is 5.95 Å². The van der Waals surface area contributed by atoms with Crippen LogP contribution >= 0.6 is 11.3 Å². The number of hydrogen-bond donors (Lipinski definition) is 1. The summed E-state index contributed by atoms with van der Waals surface area (Å²) in [6.45, 7) is 7.62. The third kappa shape index (κ3) is 4.36. The monoisotopic (exact) mass is 421 g/mol. The standard InChI is InChI=1S/C23H27N5OS/c1-15(2)26-23-25-14-18(19-6-4-5-10-24-19)20(27-23)17-7-11-28(12-8-17)22(29)21-16(3)9-13-30-21/h4-6,9-10,13-15,17H,7-8,11-12H2,1-3H3,(H,25,26,27). The van der Waals surface area contributed by atoms with E-state index in [1.165, 1.54) is 11.3 Å². The topological polar surface area (TPSA) is 71.0 Å². The largest absolute Gasteiger partial charge is 0.352 e. The average molecular weight is 422 g/mol. The van der Waals surface area contributed by atoms with Gasteiger partial charge < -0.3 is 10.2 Å². The first-order chi connectivity index (χ1) is 14.5. The van der Waals surface area contributed by atoms with Gasteiger partial charge in [-0.25, -0.2) is 9.97 Å². The van der Waals surface area contributed by atoms with Gasteiger partial charge in [-0.15, -0.1) is 11.3 Å². The van der Waals surface area contributed by atoms with Gasteiger partial charge in [0.1, 0.15) is 0 Å². The zero-order valence-electron chi connectivity index (χ0n) is 17.6. The van der Waals surface area contributed by atoms with E-state index in [-0.39, 0.29) is 17.9 Å². The molecule has 0 aliphatic carbocycles. The number of hydrogen-bond acceptors (Lipinski definition) is 6. The lowest BCUT2D eigenvalue weighted by atomic mass is 9.90. The minimum Gasteiger partial charge on any atom is -0.352 e. The van der Waals surface area contributed by atoms with Crippen molar-refractivity contribution in [3.8, 4) is 11.3 Å². The molecule has 0 spiro atoms. The molecule has 4 rings (SSSR count). The van der Waals surface area contributed by atoms with Gasteiger partial charge in [0.2, 0.25) is 5.95 Å². The number of aryl methyl sites for hydroxylation is 1. The second-order valence-corrected chi connectivity index (χ2v) is 8.92. The molecule has 0 aromatic carbocycles. The first-order valence-corrected chi connectivity index (χ1v) is 11.3. The third-order valence-corrected chi connectivity index (χ3v) is 6.41. The second-order valence-electron chi connectivity index (χ2n) is 8.01. The molecule has 1 fully saturated rings. The number of pyridine rings is 1. The number of thiophene rings is 1. The summed E-state index contributed by atoms with van der Waals surface area (Å²) >= 11 is 1.53. The number of aromatic nitrogens is 3. The highest BCUT2D eigenvalue weighted by Gasteiger charge is 2.28. The number of anilines is 1. The van der Waals surface area contributed by atoms with E-state index >= 15 is 0 Å². The third-order valence-electron chi connectivity index (χ3n) is 5.40. The minimum absolute atomic E-state index is 0.149. The Kier molecular flexibility index (Phi) is 6.08. The fourth-order valence-corrected chi connectivity index (χ4v) is 4.74. The van der Waals surface area contributed by atoms with Gasteiger partial charge >= 0.3 is 0 Å². The number of amides is 1. The maximum atomic E-state index is 12.9. The van der Waals surface area contributed by atoms with Crippen LogP contribution in [0.5, 0.6) is 0 Å². The van der Waals surface area contributed by atoms with Gasteiger partial charge in [-0.2, -0.15) is 0 Å². The molecule has 0 saturated carbocycles. The van der Waals surface area contributed by atoms with Crippen LogP contribution in [-0.4, -0.2) is 44.9 Å². The van der Waals surface area contributed by atoms with Crippen LogP contribution in [0.3, 0.4) is 0 Å². The molecule has 6 nitrogen and oxygen atoms in total. The average Bonchev–Trinajstić information content (AvgIpc) is 3.19. The van der Waals surface area contributed by atoms with Crippen molar-refractivity contribution in [2.24, 2.45) is 0 Å². The molecule has 0 unspecified atom stereocenters. The molecule has 0 radical (unpaired) electrons. The van der Waals surface area contributed by atoms with E-state index in [1.54, 1.807) is 6.20 Å². The predicted octanol–water partition coefficient (Wildman–Crippen LogP) is 4.75. The molecule has 30 heavy (non-hydrogen) atoms. The van der Waals surface area contributed by atoms with Crippen LogP contribution in [0.2, 0.25) is 0 Å². The van der Waals surface area contributed by atoms with Crippen LogP contribution in [-0.2, 0) is 0 Å². The Hall–Kier alpha value is -2.80. The van der Waals surface area contributed by atoms with Crippen molar-refractivity contribution in [1.82, 2.24) is 19.9 Å². The first kappa shape index (κ1) is 20.5. The molecule has 0 atom stereocenters. The van der Waals surface area contributed by atoms with Gasteiger partial charge in [0.05, 0.1) is 16.3 Å². The molecule has 3 aromatic rings. The summed E-state index contributed by atoms with van der Waals surface area (Å²) in [6, 6.07) is 8.16. The smallest absolute Gasteiger partial charge is 0.264 e. The molecule has 3 aromatic heterocycles. The predicted molar refractivity (Wildman–Crippen MR) is 121 cm³/mol. The number of piperidine rings is 1. The van der Waals surface area contributed by atoms with Crippen molar-refractivity contribution >= 4 is 23.2 Å². The van der Waals surface area contributed by atoms with Crippen LogP contribution in [0.1, 0.15) is 53.5 Å². The first-order valence-electron chi connectivity index (χ1n) is 10.4. The van der Waals surface area contributed by atoms with E-state index < -0.39 is 0 Å². The highest BCUT2D eigenvalue weighted by Crippen LogP contribution is 2.34. The zero-order chi connectivity index (χ0) is 21.1. The second kappa shape index (κ2) is 8.92. The van der Waals surface area contributed by atoms with E-state index in [0.717, 1.165) is 53.3 Å². The molecular weight excluding hydrogens is 394 g/mol. The lowest BCUT2D eigenvalue weighted by Crippen LogP contribution is -2.38. The SMILES string of the molecule is Cc1ccsc1C(=O)N1CCC(c2nc(NC(C)C)ncc2-c2ccccn2)CC1. The summed E-state index contributed by atoms with van der Waals surface area (Å²) in [6.07, 6.45) is 5.44. The van der Waals surface area contributed by atoms with E-state index in [1.807, 2.05) is 47.7 Å². The fraction of sp³-hybridized carbons (Fsp3) is 0.391. The lowest BCUT2D eigenvalue weighted by Gasteiger charge is -2.32. The molecule has 4 heterocycles. The van der Waals surface area contributed by atoms with Gasteiger partial charge in [-0.3, -0.25) is 9.78 Å². The van der Waals surface area contributed by atoms with Crippen LogP contribution in [0.25, 0.3) is 11.3 Å². The summed E-state index contributed by atoms with van der Waals surface area (Å²) in [7, 11) is 0. The van der Waals surface area contributed by atoms with Crippen LogP contribution in [0, 0.1) is 6.92 Å². The maximum absolute atomic E-state index is 12.9. The molecule has 7 heteroatoms. The normalized spacial score (nSPS) is 14.9. The molecule has 1 amide bonds. The molecule has 1 aliphatic heterocycles. The summed E-state index contributed by atoms with van der Waals surface area (Å²) < 4.78 is 0. The molecular formula is C23H27N5OS. The lowest BCUT2D eigenvalue weighted by molar-refractivity contribution is 0.0716. The molecule has 1 aliphatic rings. The van der Waals surface area contributed by atoms with Gasteiger partial charge in [0.15, 0.2) is 0 Å². The van der Waals surface area contributed by atoms with Crippen molar-refractivity contribution < 1.29 is 4.79 Å². The highest BCUT2D eigenvalue weighted by atomic mass is 32.1. The Labute approximate surface area is 181 Å². The molecule has 1 N–H and O–H groups in total. The summed E-state index contributed by atoms with van der Waals surface area (Å²) in [4.78, 5) is 29.6. The van der Waals surface area contributed by atoms with Crippen molar-refractivity contribution in [2.45, 2.75) is 45.6 Å². The van der Waals surface area contributed by atoms with Crippen molar-refractivity contribution in [3.05, 3.63) is 58.2 Å². The van der Waals surface area contributed by atoms with E-state index in [4.69, 9.17) is 4.98 Å². The van der Waals surface area contributed by atoms with E-state index in [9.17, 15) is 4.79 Å². The fourth-order valence-electron chi connectivity index (χ4n) is 3.84. The Morgan fingerprint density at radius 1 is 1.20 bits per heavy atom. The number of nitrogens with one attached hydrogen (secondary N) is 1. The van der Waals surface area contributed by atoms with Crippen molar-refractivity contribution in [1.29, 1.82) is 0 Å². The minimum atomic E-state index is 0.149. The number of rotatable bonds is 5. The van der Waals surface area contributed by atoms with E-state index in [0.29, 0.717) is 5.95 Å². The van der Waals surface area contributed by atoms with Crippen LogP contribution in [0.15, 0.2) is 42.0 Å². The number of likely N-dealkylation sites (tertiary alicyclic amines) is 1. The van der Waals surface area contributed by atoms with Gasteiger partial charge in [0.25, 0.3) is 5.91 Å². The van der Waals surface area contributed by atoms with Crippen molar-refractivity contribution in [3.63, 3.8) is 0 Å². The number of nitrogens with zero attached hydrogens (tertiary/aromatic N) is 4. The van der Waals surface area contributed by atoms with Crippen molar-refractivity contribution in [2.75, 3.05) is 18.4 Å².